The molecular weight excluding hydrogens is 388 g/mol. The van der Waals surface area contributed by atoms with Crippen molar-refractivity contribution >= 4 is 29.6 Å². The van der Waals surface area contributed by atoms with E-state index in [4.69, 9.17) is 16.0 Å². The molecule has 0 N–H and O–H groups in total. The van der Waals surface area contributed by atoms with Crippen LogP contribution in [0.3, 0.4) is 0 Å². The van der Waals surface area contributed by atoms with Crippen LogP contribution in [-0.4, -0.2) is 23.0 Å². The number of hydrogen-bond acceptors (Lipinski definition) is 4. The molecule has 2 saturated carbocycles. The number of hydrazone groups is 1. The Morgan fingerprint density at radius 1 is 1.07 bits per heavy atom. The third-order valence-electron chi connectivity index (χ3n) is 7.02. The van der Waals surface area contributed by atoms with Crippen molar-refractivity contribution in [3.8, 4) is 11.3 Å². The monoisotopic (exact) mass is 406 g/mol. The van der Waals surface area contributed by atoms with E-state index < -0.39 is 0 Å². The third kappa shape index (κ3) is 2.43. The van der Waals surface area contributed by atoms with Gasteiger partial charge in [-0.05, 0) is 60.8 Å². The van der Waals surface area contributed by atoms with Crippen molar-refractivity contribution in [2.75, 3.05) is 0 Å². The second kappa shape index (κ2) is 5.92. The van der Waals surface area contributed by atoms with Gasteiger partial charge < -0.3 is 4.42 Å². The first-order valence-corrected chi connectivity index (χ1v) is 10.4. The second-order valence-corrected chi connectivity index (χ2v) is 8.96. The molecular formula is C23H19ClN2O3. The Morgan fingerprint density at radius 2 is 1.76 bits per heavy atom. The van der Waals surface area contributed by atoms with Crippen LogP contribution in [0, 0.1) is 42.4 Å². The zero-order valence-corrected chi connectivity index (χ0v) is 16.5. The standard InChI is InChI=1S/C23H19ClN2O3/c1-11-2-3-12(8-18(11)24)19-7-4-13(29-19)10-25-26-22(27)20-14-5-6-15(17-9-16(14)17)21(20)23(26)28/h2-8,10,14-17,20-21H,9H2,1H3/b25-10-/t14-,15-,16-,17-,20-,21+/m1/s1. The van der Waals surface area contributed by atoms with Gasteiger partial charge in [-0.3, -0.25) is 9.59 Å². The minimum atomic E-state index is -0.236. The van der Waals surface area contributed by atoms with E-state index in [2.05, 4.69) is 17.3 Å². The lowest BCUT2D eigenvalue weighted by atomic mass is 9.63. The smallest absolute Gasteiger partial charge is 0.254 e. The van der Waals surface area contributed by atoms with Crippen LogP contribution in [0.25, 0.3) is 11.3 Å². The number of aryl methyl sites for hydroxylation is 1. The first kappa shape index (κ1) is 17.2. The van der Waals surface area contributed by atoms with Gasteiger partial charge in [-0.25, -0.2) is 0 Å². The molecule has 6 atom stereocenters. The number of carbonyl (C=O) groups excluding carboxylic acids is 2. The van der Waals surface area contributed by atoms with Gasteiger partial charge in [0, 0.05) is 10.6 Å². The lowest BCUT2D eigenvalue weighted by molar-refractivity contribution is -0.140. The van der Waals surface area contributed by atoms with E-state index in [1.54, 1.807) is 6.07 Å². The van der Waals surface area contributed by atoms with Crippen LogP contribution in [-0.2, 0) is 9.59 Å². The number of amides is 2. The molecule has 0 radical (unpaired) electrons. The highest BCUT2D eigenvalue weighted by atomic mass is 35.5. The molecule has 146 valence electrons. The molecule has 2 heterocycles. The van der Waals surface area contributed by atoms with Gasteiger partial charge in [0.25, 0.3) is 11.8 Å². The lowest BCUT2D eigenvalue weighted by Gasteiger charge is -2.37. The third-order valence-corrected chi connectivity index (χ3v) is 7.43. The summed E-state index contributed by atoms with van der Waals surface area (Å²) < 4.78 is 5.82. The summed E-state index contributed by atoms with van der Waals surface area (Å²) in [5.41, 5.74) is 1.86. The lowest BCUT2D eigenvalue weighted by Crippen LogP contribution is -2.40. The van der Waals surface area contributed by atoms with E-state index in [1.165, 1.54) is 6.21 Å². The number of benzene rings is 1. The number of carbonyl (C=O) groups is 2. The zero-order chi connectivity index (χ0) is 19.9. The van der Waals surface area contributed by atoms with Crippen LogP contribution in [0.2, 0.25) is 5.02 Å². The minimum Gasteiger partial charge on any atom is -0.455 e. The Morgan fingerprint density at radius 3 is 2.41 bits per heavy atom. The van der Waals surface area contributed by atoms with E-state index in [0.717, 1.165) is 22.6 Å². The minimum absolute atomic E-state index is 0.168. The van der Waals surface area contributed by atoms with Gasteiger partial charge in [-0.2, -0.15) is 10.1 Å². The first-order valence-electron chi connectivity index (χ1n) is 9.99. The topological polar surface area (TPSA) is 62.9 Å². The number of hydrogen-bond donors (Lipinski definition) is 0. The normalized spacial score (nSPS) is 34.2. The molecule has 1 saturated heterocycles. The number of furan rings is 1. The van der Waals surface area contributed by atoms with Crippen LogP contribution in [0.4, 0.5) is 0 Å². The van der Waals surface area contributed by atoms with Crippen LogP contribution >= 0.6 is 11.6 Å². The largest absolute Gasteiger partial charge is 0.455 e. The van der Waals surface area contributed by atoms with Crippen molar-refractivity contribution in [1.82, 2.24) is 5.01 Å². The molecule has 29 heavy (non-hydrogen) atoms. The molecule has 1 aromatic heterocycles. The summed E-state index contributed by atoms with van der Waals surface area (Å²) in [5, 5.41) is 5.96. The highest BCUT2D eigenvalue weighted by molar-refractivity contribution is 6.31. The molecule has 1 aromatic carbocycles. The second-order valence-electron chi connectivity index (χ2n) is 8.55. The number of imide groups is 1. The molecule has 3 fully saturated rings. The summed E-state index contributed by atoms with van der Waals surface area (Å²) in [5.74, 6) is 1.90. The quantitative estimate of drug-likeness (QED) is 0.434. The average molecular weight is 407 g/mol. The van der Waals surface area contributed by atoms with Gasteiger partial charge in [0.2, 0.25) is 0 Å². The highest BCUT2D eigenvalue weighted by Gasteiger charge is 2.67. The zero-order valence-electron chi connectivity index (χ0n) is 15.8. The summed E-state index contributed by atoms with van der Waals surface area (Å²) in [7, 11) is 0. The van der Waals surface area contributed by atoms with Crippen molar-refractivity contribution in [2.24, 2.45) is 40.6 Å². The van der Waals surface area contributed by atoms with Crippen molar-refractivity contribution in [2.45, 2.75) is 13.3 Å². The first-order chi connectivity index (χ1) is 14.0. The number of allylic oxidation sites excluding steroid dienone is 2. The van der Waals surface area contributed by atoms with Crippen molar-refractivity contribution < 1.29 is 14.0 Å². The predicted octanol–water partition coefficient (Wildman–Crippen LogP) is 4.30. The Labute approximate surface area is 173 Å². The van der Waals surface area contributed by atoms with Gasteiger partial charge in [-0.1, -0.05) is 35.9 Å². The van der Waals surface area contributed by atoms with Crippen LogP contribution < -0.4 is 0 Å². The highest BCUT2D eigenvalue weighted by Crippen LogP contribution is 2.65. The fraction of sp³-hybridized carbons (Fsp3) is 0.348. The summed E-state index contributed by atoms with van der Waals surface area (Å²) in [4.78, 5) is 25.9. The molecule has 5 nitrogen and oxygen atoms in total. The fourth-order valence-electron chi connectivity index (χ4n) is 5.49. The van der Waals surface area contributed by atoms with Crippen LogP contribution in [0.15, 0.2) is 52.0 Å². The molecule has 4 aliphatic carbocycles. The van der Waals surface area contributed by atoms with Gasteiger partial charge in [-0.15, -0.1) is 0 Å². The van der Waals surface area contributed by atoms with Gasteiger partial charge in [0.1, 0.15) is 11.5 Å². The maximum Gasteiger partial charge on any atom is 0.254 e. The Kier molecular flexibility index (Phi) is 3.52. The van der Waals surface area contributed by atoms with E-state index in [0.29, 0.717) is 28.4 Å². The fourth-order valence-corrected chi connectivity index (χ4v) is 5.67. The molecule has 5 aliphatic rings. The van der Waals surface area contributed by atoms with E-state index >= 15 is 0 Å². The van der Waals surface area contributed by atoms with Crippen molar-refractivity contribution in [3.63, 3.8) is 0 Å². The summed E-state index contributed by atoms with van der Waals surface area (Å²) in [6.07, 6.45) is 6.91. The number of nitrogens with zero attached hydrogens (tertiary/aromatic N) is 2. The van der Waals surface area contributed by atoms with Crippen molar-refractivity contribution in [3.05, 3.63) is 58.8 Å². The number of rotatable bonds is 3. The van der Waals surface area contributed by atoms with Crippen molar-refractivity contribution in [1.29, 1.82) is 0 Å². The Balaban J connectivity index is 1.24. The maximum absolute atomic E-state index is 12.9. The van der Waals surface area contributed by atoms with Gasteiger partial charge in [0.05, 0.1) is 18.1 Å². The van der Waals surface area contributed by atoms with Gasteiger partial charge in [0.15, 0.2) is 0 Å². The molecule has 2 amide bonds. The van der Waals surface area contributed by atoms with Crippen LogP contribution in [0.5, 0.6) is 0 Å². The SMILES string of the molecule is Cc1ccc(-c2ccc(/C=N\N3C(=O)[C@@H]4[C@@H]5C=C[C@H]([C@H]6C[C@H]56)[C@@H]4C3=O)o2)cc1Cl. The molecule has 0 spiro atoms. The molecule has 7 rings (SSSR count). The molecule has 2 aromatic rings. The Bertz CT molecular complexity index is 1080. The molecule has 1 aliphatic heterocycles. The number of halogens is 1. The van der Waals surface area contributed by atoms with Crippen LogP contribution in [0.1, 0.15) is 17.7 Å². The summed E-state index contributed by atoms with van der Waals surface area (Å²) in [6.45, 7) is 1.94. The van der Waals surface area contributed by atoms with E-state index in [-0.39, 0.29) is 35.5 Å². The predicted molar refractivity (Wildman–Crippen MR) is 108 cm³/mol. The average Bonchev–Trinajstić information content (AvgIpc) is 3.36. The van der Waals surface area contributed by atoms with E-state index in [1.807, 2.05) is 31.2 Å². The summed E-state index contributed by atoms with van der Waals surface area (Å²) >= 11 is 6.20. The Hall–Kier alpha value is -2.66. The summed E-state index contributed by atoms with van der Waals surface area (Å²) in [6, 6.07) is 9.32. The molecule has 2 bridgehead atoms. The molecule has 6 heteroatoms. The van der Waals surface area contributed by atoms with Gasteiger partial charge >= 0.3 is 0 Å². The maximum atomic E-state index is 12.9. The molecule has 0 unspecified atom stereocenters. The van der Waals surface area contributed by atoms with E-state index in [9.17, 15) is 9.59 Å².